The molecule has 1 N–H and O–H groups in total. The second-order valence-electron chi connectivity index (χ2n) is 5.58. The van der Waals surface area contributed by atoms with Crippen molar-refractivity contribution in [3.05, 3.63) is 15.9 Å². The van der Waals surface area contributed by atoms with E-state index in [1.165, 1.54) is 28.7 Å². The van der Waals surface area contributed by atoms with Crippen molar-refractivity contribution in [1.29, 1.82) is 0 Å². The fraction of sp³-hybridized carbons (Fsp3) is 0.786. The highest BCUT2D eigenvalue weighted by molar-refractivity contribution is 9.10. The topological polar surface area (TPSA) is 29.9 Å². The van der Waals surface area contributed by atoms with E-state index < -0.39 is 0 Å². The fourth-order valence-electron chi connectivity index (χ4n) is 2.65. The van der Waals surface area contributed by atoms with Crippen molar-refractivity contribution < 1.29 is 0 Å². The summed E-state index contributed by atoms with van der Waals surface area (Å²) in [5.74, 6) is 0. The summed E-state index contributed by atoms with van der Waals surface area (Å²) >= 11 is 3.74. The van der Waals surface area contributed by atoms with Crippen LogP contribution in [0.3, 0.4) is 0 Å². The van der Waals surface area contributed by atoms with Gasteiger partial charge in [-0.15, -0.1) is 0 Å². The van der Waals surface area contributed by atoms with Crippen LogP contribution in [0.25, 0.3) is 0 Å². The van der Waals surface area contributed by atoms with Crippen LogP contribution in [-0.4, -0.2) is 22.9 Å². The van der Waals surface area contributed by atoms with Crippen LogP contribution < -0.4 is 5.32 Å². The molecule has 0 bridgehead atoms. The lowest BCUT2D eigenvalue weighted by Crippen LogP contribution is -2.36. The van der Waals surface area contributed by atoms with Crippen LogP contribution >= 0.6 is 15.9 Å². The van der Waals surface area contributed by atoms with Crippen molar-refractivity contribution in [3.8, 4) is 0 Å². The summed E-state index contributed by atoms with van der Waals surface area (Å²) in [4.78, 5) is 0. The first-order valence-electron chi connectivity index (χ1n) is 6.97. The maximum Gasteiger partial charge on any atom is 0.0766 e. The molecule has 1 heterocycles. The molecule has 102 valence electrons. The Morgan fingerprint density at radius 3 is 2.56 bits per heavy atom. The fourth-order valence-corrected chi connectivity index (χ4v) is 3.37. The highest BCUT2D eigenvalue weighted by Gasteiger charge is 2.44. The van der Waals surface area contributed by atoms with Gasteiger partial charge in [-0.2, -0.15) is 5.10 Å². The Kier molecular flexibility index (Phi) is 4.17. The largest absolute Gasteiger partial charge is 0.316 e. The number of likely N-dealkylation sites (N-methyl/N-ethyl adjacent to an activating group) is 1. The molecule has 1 aromatic heterocycles. The predicted molar refractivity (Wildman–Crippen MR) is 78.9 cm³/mol. The van der Waals surface area contributed by atoms with Gasteiger partial charge in [0, 0.05) is 19.0 Å². The molecule has 1 atom stereocenters. The molecule has 0 aromatic carbocycles. The van der Waals surface area contributed by atoms with E-state index in [-0.39, 0.29) is 0 Å². The van der Waals surface area contributed by atoms with Crippen LogP contribution in [0, 0.1) is 5.41 Å². The standard InChI is InChI=1S/C14H24BrN3/c1-5-10-13(15)11(18(6-2)17-10)9-12(16-4)14(3)7-8-14/h12,16H,5-9H2,1-4H3. The predicted octanol–water partition coefficient (Wildman–Crippen LogP) is 3.16. The van der Waals surface area contributed by atoms with Gasteiger partial charge in [0.2, 0.25) is 0 Å². The summed E-state index contributed by atoms with van der Waals surface area (Å²) in [6, 6.07) is 0.556. The average molecular weight is 314 g/mol. The van der Waals surface area contributed by atoms with Gasteiger partial charge in [-0.1, -0.05) is 13.8 Å². The third-order valence-corrected chi connectivity index (χ3v) is 5.24. The summed E-state index contributed by atoms with van der Waals surface area (Å²) in [6.07, 6.45) is 4.74. The van der Waals surface area contributed by atoms with Crippen LogP contribution in [0.15, 0.2) is 4.47 Å². The smallest absolute Gasteiger partial charge is 0.0766 e. The van der Waals surface area contributed by atoms with Gasteiger partial charge in [0.25, 0.3) is 0 Å². The van der Waals surface area contributed by atoms with E-state index in [1.54, 1.807) is 0 Å². The normalized spacial score (nSPS) is 18.9. The van der Waals surface area contributed by atoms with E-state index in [0.29, 0.717) is 11.5 Å². The molecular weight excluding hydrogens is 290 g/mol. The van der Waals surface area contributed by atoms with Crippen molar-refractivity contribution >= 4 is 15.9 Å². The van der Waals surface area contributed by atoms with E-state index in [2.05, 4.69) is 58.8 Å². The van der Waals surface area contributed by atoms with Gasteiger partial charge in [0.05, 0.1) is 15.9 Å². The second-order valence-corrected chi connectivity index (χ2v) is 6.37. The molecule has 0 aliphatic heterocycles. The first-order chi connectivity index (χ1) is 8.55. The molecule has 0 saturated heterocycles. The lowest BCUT2D eigenvalue weighted by molar-refractivity contribution is 0.367. The van der Waals surface area contributed by atoms with Crippen LogP contribution in [0.5, 0.6) is 0 Å². The summed E-state index contributed by atoms with van der Waals surface area (Å²) < 4.78 is 3.37. The number of nitrogens with zero attached hydrogens (tertiary/aromatic N) is 2. The maximum atomic E-state index is 4.68. The SMILES string of the molecule is CCc1nn(CC)c(CC(NC)C2(C)CC2)c1Br. The van der Waals surface area contributed by atoms with Gasteiger partial charge < -0.3 is 5.32 Å². The molecule has 1 aliphatic rings. The number of aromatic nitrogens is 2. The Hall–Kier alpha value is -0.350. The first kappa shape index (κ1) is 14.1. The maximum absolute atomic E-state index is 4.68. The Morgan fingerprint density at radius 1 is 1.44 bits per heavy atom. The molecule has 0 spiro atoms. The zero-order valence-electron chi connectivity index (χ0n) is 11.9. The number of rotatable bonds is 6. The molecule has 1 saturated carbocycles. The third kappa shape index (κ3) is 2.50. The average Bonchev–Trinajstić information content (AvgIpc) is 3.03. The van der Waals surface area contributed by atoms with Gasteiger partial charge in [-0.25, -0.2) is 0 Å². The molecular formula is C14H24BrN3. The molecule has 1 aliphatic carbocycles. The summed E-state index contributed by atoms with van der Waals surface area (Å²) in [5.41, 5.74) is 3.02. The number of aryl methyl sites for hydroxylation is 2. The van der Waals surface area contributed by atoms with E-state index in [4.69, 9.17) is 0 Å². The zero-order chi connectivity index (χ0) is 13.3. The highest BCUT2D eigenvalue weighted by atomic mass is 79.9. The van der Waals surface area contributed by atoms with Crippen molar-refractivity contribution in [1.82, 2.24) is 15.1 Å². The molecule has 2 rings (SSSR count). The van der Waals surface area contributed by atoms with Crippen molar-refractivity contribution in [2.75, 3.05) is 7.05 Å². The van der Waals surface area contributed by atoms with Gasteiger partial charge in [0.1, 0.15) is 0 Å². The van der Waals surface area contributed by atoms with E-state index >= 15 is 0 Å². The second kappa shape index (κ2) is 5.33. The number of halogens is 1. The van der Waals surface area contributed by atoms with E-state index in [0.717, 1.165) is 19.4 Å². The van der Waals surface area contributed by atoms with Crippen LogP contribution in [0.4, 0.5) is 0 Å². The zero-order valence-corrected chi connectivity index (χ0v) is 13.5. The van der Waals surface area contributed by atoms with E-state index in [1.807, 2.05) is 0 Å². The molecule has 4 heteroatoms. The van der Waals surface area contributed by atoms with Gasteiger partial charge in [-0.05, 0) is 54.6 Å². The monoisotopic (exact) mass is 313 g/mol. The van der Waals surface area contributed by atoms with E-state index in [9.17, 15) is 0 Å². The summed E-state index contributed by atoms with van der Waals surface area (Å²) in [7, 11) is 2.08. The summed E-state index contributed by atoms with van der Waals surface area (Å²) in [6.45, 7) is 7.65. The Morgan fingerprint density at radius 2 is 2.11 bits per heavy atom. The number of hydrogen-bond donors (Lipinski definition) is 1. The Balaban J connectivity index is 2.24. The lowest BCUT2D eigenvalue weighted by atomic mass is 9.94. The van der Waals surface area contributed by atoms with Crippen LogP contribution in [-0.2, 0) is 19.4 Å². The minimum absolute atomic E-state index is 0.489. The Labute approximate surface area is 118 Å². The van der Waals surface area contributed by atoms with Crippen molar-refractivity contribution in [2.45, 2.75) is 59.0 Å². The molecule has 3 nitrogen and oxygen atoms in total. The molecule has 1 unspecified atom stereocenters. The van der Waals surface area contributed by atoms with Crippen LogP contribution in [0.1, 0.15) is 45.0 Å². The highest BCUT2D eigenvalue weighted by Crippen LogP contribution is 2.49. The minimum Gasteiger partial charge on any atom is -0.316 e. The lowest BCUT2D eigenvalue weighted by Gasteiger charge is -2.23. The van der Waals surface area contributed by atoms with Gasteiger partial charge in [-0.3, -0.25) is 4.68 Å². The minimum atomic E-state index is 0.489. The molecule has 1 fully saturated rings. The number of hydrogen-bond acceptors (Lipinski definition) is 2. The summed E-state index contributed by atoms with van der Waals surface area (Å²) in [5, 5.41) is 8.18. The molecule has 0 amide bonds. The van der Waals surface area contributed by atoms with Gasteiger partial charge in [0.15, 0.2) is 0 Å². The van der Waals surface area contributed by atoms with Crippen LogP contribution in [0.2, 0.25) is 0 Å². The third-order valence-electron chi connectivity index (χ3n) is 4.32. The Bertz CT molecular complexity index is 421. The quantitative estimate of drug-likeness (QED) is 0.874. The first-order valence-corrected chi connectivity index (χ1v) is 7.76. The van der Waals surface area contributed by atoms with Gasteiger partial charge >= 0.3 is 0 Å². The molecule has 1 aromatic rings. The van der Waals surface area contributed by atoms with Crippen molar-refractivity contribution in [2.24, 2.45) is 5.41 Å². The molecule has 18 heavy (non-hydrogen) atoms. The number of nitrogens with one attached hydrogen (secondary N) is 1. The van der Waals surface area contributed by atoms with Crippen molar-refractivity contribution in [3.63, 3.8) is 0 Å². The molecule has 0 radical (unpaired) electrons.